The van der Waals surface area contributed by atoms with Gasteiger partial charge in [0.15, 0.2) is 0 Å². The Balaban J connectivity index is 1.57. The van der Waals surface area contributed by atoms with Gasteiger partial charge < -0.3 is 15.1 Å². The number of anilines is 1. The first-order valence-electron chi connectivity index (χ1n) is 10.3. The maximum absolute atomic E-state index is 13.1. The van der Waals surface area contributed by atoms with Crippen LogP contribution < -0.4 is 10.2 Å². The zero-order valence-electron chi connectivity index (χ0n) is 16.7. The summed E-state index contributed by atoms with van der Waals surface area (Å²) in [5.74, 6) is -0.439. The summed E-state index contributed by atoms with van der Waals surface area (Å²) >= 11 is 0. The number of rotatable bonds is 4. The van der Waals surface area contributed by atoms with E-state index in [9.17, 15) is 14.0 Å². The first kappa shape index (κ1) is 19.4. The second kappa shape index (κ2) is 8.23. The van der Waals surface area contributed by atoms with Crippen LogP contribution >= 0.6 is 0 Å². The lowest BCUT2D eigenvalue weighted by Crippen LogP contribution is -2.55. The number of carbonyl (C=O) groups is 2. The number of nitrogens with zero attached hydrogens (tertiary/aromatic N) is 2. The molecular weight excluding hydrogens is 369 g/mol. The molecule has 0 aliphatic carbocycles. The lowest BCUT2D eigenvalue weighted by atomic mass is 10.0. The summed E-state index contributed by atoms with van der Waals surface area (Å²) < 4.78 is 13.0. The van der Waals surface area contributed by atoms with E-state index in [1.165, 1.54) is 12.1 Å². The van der Waals surface area contributed by atoms with E-state index in [1.807, 2.05) is 11.0 Å². The Hall–Kier alpha value is -2.89. The minimum absolute atomic E-state index is 0.0647. The third-order valence-electron chi connectivity index (χ3n) is 5.85. The van der Waals surface area contributed by atoms with E-state index < -0.39 is 0 Å². The largest absolute Gasteiger partial charge is 0.351 e. The molecule has 29 heavy (non-hydrogen) atoms. The summed E-state index contributed by atoms with van der Waals surface area (Å²) in [6.45, 7) is 3.98. The molecule has 2 aromatic rings. The van der Waals surface area contributed by atoms with Crippen molar-refractivity contribution in [1.29, 1.82) is 0 Å². The van der Waals surface area contributed by atoms with Gasteiger partial charge in [-0.1, -0.05) is 18.6 Å². The lowest BCUT2D eigenvalue weighted by Gasteiger charge is -2.44. The van der Waals surface area contributed by atoms with Gasteiger partial charge in [-0.3, -0.25) is 9.59 Å². The number of benzene rings is 2. The summed E-state index contributed by atoms with van der Waals surface area (Å²) in [5.41, 5.74) is 2.87. The highest BCUT2D eigenvalue weighted by Crippen LogP contribution is 2.35. The fourth-order valence-corrected chi connectivity index (χ4v) is 4.33. The molecule has 6 heteroatoms. The van der Waals surface area contributed by atoms with E-state index in [-0.39, 0.29) is 23.8 Å². The highest BCUT2D eigenvalue weighted by atomic mass is 19.1. The number of fused-ring (bicyclic) bond motifs is 2. The maximum Gasteiger partial charge on any atom is 0.257 e. The number of halogens is 1. The van der Waals surface area contributed by atoms with Crippen molar-refractivity contribution in [2.45, 2.75) is 45.3 Å². The highest BCUT2D eigenvalue weighted by Gasteiger charge is 2.37. The molecular formula is C23H26FN3O2. The monoisotopic (exact) mass is 395 g/mol. The fourth-order valence-electron chi connectivity index (χ4n) is 4.33. The molecule has 2 amide bonds. The average Bonchev–Trinajstić information content (AvgIpc) is 2.99. The minimum atomic E-state index is -0.299. The van der Waals surface area contributed by atoms with E-state index in [0.29, 0.717) is 17.7 Å². The highest BCUT2D eigenvalue weighted by molar-refractivity contribution is 6.04. The first-order valence-corrected chi connectivity index (χ1v) is 10.3. The van der Waals surface area contributed by atoms with Crippen LogP contribution in [-0.2, 0) is 6.54 Å². The van der Waals surface area contributed by atoms with E-state index in [4.69, 9.17) is 0 Å². The van der Waals surface area contributed by atoms with Crippen molar-refractivity contribution in [2.75, 3.05) is 18.0 Å². The molecule has 2 heterocycles. The van der Waals surface area contributed by atoms with Crippen molar-refractivity contribution in [3.8, 4) is 0 Å². The lowest BCUT2D eigenvalue weighted by molar-refractivity contribution is 0.0656. The van der Waals surface area contributed by atoms with Gasteiger partial charge in [0.05, 0.1) is 11.3 Å². The molecule has 1 fully saturated rings. The Morgan fingerprint density at radius 2 is 1.93 bits per heavy atom. The van der Waals surface area contributed by atoms with Crippen LogP contribution in [0.15, 0.2) is 42.5 Å². The van der Waals surface area contributed by atoms with E-state index in [0.717, 1.165) is 50.0 Å². The molecule has 0 aromatic heterocycles. The molecule has 0 spiro atoms. The van der Waals surface area contributed by atoms with Crippen LogP contribution in [0.1, 0.15) is 58.9 Å². The van der Waals surface area contributed by atoms with Gasteiger partial charge in [0, 0.05) is 25.2 Å². The zero-order valence-corrected chi connectivity index (χ0v) is 16.7. The van der Waals surface area contributed by atoms with Gasteiger partial charge in [-0.25, -0.2) is 4.39 Å². The second-order valence-corrected chi connectivity index (χ2v) is 7.66. The summed E-state index contributed by atoms with van der Waals surface area (Å²) in [7, 11) is 0. The molecule has 1 atom stereocenters. The van der Waals surface area contributed by atoms with Crippen molar-refractivity contribution in [3.05, 3.63) is 65.0 Å². The van der Waals surface area contributed by atoms with Crippen LogP contribution in [0.3, 0.4) is 0 Å². The Kier molecular flexibility index (Phi) is 5.51. The van der Waals surface area contributed by atoms with Crippen molar-refractivity contribution >= 4 is 17.5 Å². The van der Waals surface area contributed by atoms with Crippen LogP contribution in [0.25, 0.3) is 0 Å². The molecule has 5 nitrogen and oxygen atoms in total. The van der Waals surface area contributed by atoms with Gasteiger partial charge in [0.25, 0.3) is 11.8 Å². The minimum Gasteiger partial charge on any atom is -0.351 e. The summed E-state index contributed by atoms with van der Waals surface area (Å²) in [6, 6.07) is 11.4. The molecule has 0 bridgehead atoms. The standard InChI is InChI=1S/C23H26FN3O2/c1-2-26-20-14-17(22(28)25-15-16-7-10-18(24)11-8-16)9-12-19(20)23(29)27-13-5-3-4-6-21(26)27/h7-12,14,21H,2-6,13,15H2,1H3,(H,25,28)/t21-/m0/s1. The number of hydrogen-bond donors (Lipinski definition) is 1. The quantitative estimate of drug-likeness (QED) is 0.853. The molecule has 152 valence electrons. The van der Waals surface area contributed by atoms with Gasteiger partial charge in [-0.15, -0.1) is 0 Å². The predicted molar refractivity (Wildman–Crippen MR) is 110 cm³/mol. The van der Waals surface area contributed by atoms with Crippen molar-refractivity contribution in [3.63, 3.8) is 0 Å². The summed E-state index contributed by atoms with van der Waals surface area (Å²) in [4.78, 5) is 30.0. The molecule has 4 rings (SSSR count). The van der Waals surface area contributed by atoms with E-state index >= 15 is 0 Å². The molecule has 0 saturated carbocycles. The first-order chi connectivity index (χ1) is 14.1. The topological polar surface area (TPSA) is 52.7 Å². The van der Waals surface area contributed by atoms with Gasteiger partial charge in [0.1, 0.15) is 12.0 Å². The SMILES string of the molecule is CCN1c2cc(C(=O)NCc3ccc(F)cc3)ccc2C(=O)N2CCCCC[C@H]21. The summed E-state index contributed by atoms with van der Waals surface area (Å²) in [5, 5.41) is 2.88. The second-order valence-electron chi connectivity index (χ2n) is 7.66. The maximum atomic E-state index is 13.1. The molecule has 2 aliphatic rings. The van der Waals surface area contributed by atoms with Crippen LogP contribution in [0.2, 0.25) is 0 Å². The zero-order chi connectivity index (χ0) is 20.4. The fraction of sp³-hybridized carbons (Fsp3) is 0.391. The van der Waals surface area contributed by atoms with Crippen molar-refractivity contribution in [2.24, 2.45) is 0 Å². The third kappa shape index (κ3) is 3.84. The third-order valence-corrected chi connectivity index (χ3v) is 5.85. The van der Waals surface area contributed by atoms with Gasteiger partial charge in [-0.05, 0) is 62.1 Å². The van der Waals surface area contributed by atoms with Gasteiger partial charge in [0.2, 0.25) is 0 Å². The van der Waals surface area contributed by atoms with E-state index in [2.05, 4.69) is 17.1 Å². The van der Waals surface area contributed by atoms with Crippen LogP contribution in [0, 0.1) is 5.82 Å². The number of nitrogens with one attached hydrogen (secondary N) is 1. The predicted octanol–water partition coefficient (Wildman–Crippen LogP) is 3.94. The van der Waals surface area contributed by atoms with Gasteiger partial charge in [-0.2, -0.15) is 0 Å². The normalized spacial score (nSPS) is 18.7. The molecule has 2 aromatic carbocycles. The number of amides is 2. The van der Waals surface area contributed by atoms with Crippen molar-refractivity contribution in [1.82, 2.24) is 10.2 Å². The van der Waals surface area contributed by atoms with Gasteiger partial charge >= 0.3 is 0 Å². The van der Waals surface area contributed by atoms with E-state index in [1.54, 1.807) is 24.3 Å². The Bertz CT molecular complexity index is 913. The Morgan fingerprint density at radius 1 is 1.14 bits per heavy atom. The number of carbonyl (C=O) groups excluding carboxylic acids is 2. The van der Waals surface area contributed by atoms with Crippen molar-refractivity contribution < 1.29 is 14.0 Å². The molecule has 0 unspecified atom stereocenters. The van der Waals surface area contributed by atoms with Crippen LogP contribution in [0.5, 0.6) is 0 Å². The average molecular weight is 395 g/mol. The molecule has 0 radical (unpaired) electrons. The molecule has 2 aliphatic heterocycles. The smallest absolute Gasteiger partial charge is 0.257 e. The summed E-state index contributed by atoms with van der Waals surface area (Å²) in [6.07, 6.45) is 4.32. The molecule has 1 saturated heterocycles. The molecule has 1 N–H and O–H groups in total. The Labute approximate surface area is 170 Å². The Morgan fingerprint density at radius 3 is 2.69 bits per heavy atom. The number of hydrogen-bond acceptors (Lipinski definition) is 3. The van der Waals surface area contributed by atoms with Crippen LogP contribution in [-0.4, -0.2) is 36.0 Å². The van der Waals surface area contributed by atoms with Crippen LogP contribution in [0.4, 0.5) is 10.1 Å².